The molecule has 0 N–H and O–H groups in total. The Balaban J connectivity index is 1.57. The van der Waals surface area contributed by atoms with E-state index in [1.807, 2.05) is 36.4 Å². The first-order chi connectivity index (χ1) is 11.2. The second-order valence-electron chi connectivity index (χ2n) is 4.77. The molecule has 2 aromatic rings. The van der Waals surface area contributed by atoms with Crippen molar-refractivity contribution in [2.75, 3.05) is 26.4 Å². The maximum atomic E-state index is 11.6. The number of rotatable bonds is 10. The highest BCUT2D eigenvalue weighted by Gasteiger charge is 2.07. The van der Waals surface area contributed by atoms with Gasteiger partial charge in [0.1, 0.15) is 37.9 Å². The van der Waals surface area contributed by atoms with Crippen LogP contribution in [0.4, 0.5) is 0 Å². The van der Waals surface area contributed by atoms with Gasteiger partial charge in [0.15, 0.2) is 11.6 Å². The van der Waals surface area contributed by atoms with Crippen molar-refractivity contribution in [1.29, 1.82) is 0 Å². The molecule has 5 nitrogen and oxygen atoms in total. The molecule has 0 saturated carbocycles. The Morgan fingerprint density at radius 2 is 1.00 bits per heavy atom. The second-order valence-corrected chi connectivity index (χ2v) is 4.77. The lowest BCUT2D eigenvalue weighted by molar-refractivity contribution is -0.130. The quantitative estimate of drug-likeness (QED) is 0.673. The Labute approximate surface area is 134 Å². The monoisotopic (exact) mass is 314 g/mol. The molecule has 0 spiro atoms. The van der Waals surface area contributed by atoms with Gasteiger partial charge in [0.05, 0.1) is 0 Å². The van der Waals surface area contributed by atoms with Gasteiger partial charge in [0.2, 0.25) is 0 Å². The van der Waals surface area contributed by atoms with Gasteiger partial charge in [0, 0.05) is 0 Å². The third kappa shape index (κ3) is 6.76. The zero-order valence-electron chi connectivity index (χ0n) is 12.6. The first-order valence-corrected chi connectivity index (χ1v) is 7.21. The minimum absolute atomic E-state index is 0.0846. The molecular weight excluding hydrogens is 296 g/mol. The molecule has 0 amide bonds. The molecule has 5 heteroatoms. The molecule has 120 valence electrons. The van der Waals surface area contributed by atoms with Crippen LogP contribution in [0.1, 0.15) is 0 Å². The van der Waals surface area contributed by atoms with Crippen LogP contribution >= 0.6 is 0 Å². The van der Waals surface area contributed by atoms with E-state index in [9.17, 15) is 9.59 Å². The normalized spacial score (nSPS) is 10.1. The molecule has 0 bridgehead atoms. The number of benzene rings is 2. The molecule has 0 aromatic heterocycles. The van der Waals surface area contributed by atoms with Gasteiger partial charge in [-0.15, -0.1) is 0 Å². The van der Waals surface area contributed by atoms with Gasteiger partial charge in [-0.2, -0.15) is 0 Å². The fraction of sp³-hybridized carbons (Fsp3) is 0.222. The largest absolute Gasteiger partial charge is 0.486 e. The van der Waals surface area contributed by atoms with Crippen LogP contribution in [-0.2, 0) is 14.3 Å². The second kappa shape index (κ2) is 9.38. The lowest BCUT2D eigenvalue weighted by atomic mass is 10.3. The highest BCUT2D eigenvalue weighted by atomic mass is 16.5. The van der Waals surface area contributed by atoms with Crippen LogP contribution in [0, 0.1) is 0 Å². The van der Waals surface area contributed by atoms with E-state index in [0.717, 1.165) is 0 Å². The van der Waals surface area contributed by atoms with Crippen LogP contribution in [0.15, 0.2) is 60.7 Å². The molecule has 23 heavy (non-hydrogen) atoms. The molecule has 0 heterocycles. The van der Waals surface area contributed by atoms with Crippen LogP contribution in [-0.4, -0.2) is 38.0 Å². The molecular formula is C18H18O5. The number of carbonyl (C=O) groups is 2. The molecule has 2 aromatic carbocycles. The van der Waals surface area contributed by atoms with E-state index >= 15 is 0 Å². The highest BCUT2D eigenvalue weighted by Crippen LogP contribution is 2.08. The molecule has 0 atom stereocenters. The molecule has 0 aliphatic carbocycles. The van der Waals surface area contributed by atoms with Crippen molar-refractivity contribution in [2.24, 2.45) is 0 Å². The molecule has 2 rings (SSSR count). The van der Waals surface area contributed by atoms with Crippen LogP contribution < -0.4 is 9.47 Å². The van der Waals surface area contributed by atoms with Crippen molar-refractivity contribution >= 4 is 11.6 Å². The van der Waals surface area contributed by atoms with Crippen LogP contribution in [0.25, 0.3) is 0 Å². The molecule has 0 saturated heterocycles. The summed E-state index contributed by atoms with van der Waals surface area (Å²) in [5.41, 5.74) is 0. The average molecular weight is 314 g/mol. The summed E-state index contributed by atoms with van der Waals surface area (Å²) in [5.74, 6) is 0.776. The van der Waals surface area contributed by atoms with E-state index in [0.29, 0.717) is 11.5 Å². The van der Waals surface area contributed by atoms with E-state index in [1.165, 1.54) is 0 Å². The van der Waals surface area contributed by atoms with Gasteiger partial charge in [-0.25, -0.2) is 0 Å². The van der Waals surface area contributed by atoms with E-state index in [-0.39, 0.29) is 38.0 Å². The van der Waals surface area contributed by atoms with Gasteiger partial charge in [0.25, 0.3) is 0 Å². The number of ketones is 2. The summed E-state index contributed by atoms with van der Waals surface area (Å²) in [4.78, 5) is 23.2. The van der Waals surface area contributed by atoms with Gasteiger partial charge in [-0.05, 0) is 24.3 Å². The fourth-order valence-electron chi connectivity index (χ4n) is 1.72. The summed E-state index contributed by atoms with van der Waals surface area (Å²) in [6, 6.07) is 18.1. The summed E-state index contributed by atoms with van der Waals surface area (Å²) in [5, 5.41) is 0. The third-order valence-corrected chi connectivity index (χ3v) is 2.81. The van der Waals surface area contributed by atoms with E-state index in [4.69, 9.17) is 14.2 Å². The number of carbonyl (C=O) groups excluding carboxylic acids is 2. The summed E-state index contributed by atoms with van der Waals surface area (Å²) >= 11 is 0. The molecule has 0 aliphatic rings. The molecule has 0 unspecified atom stereocenters. The van der Waals surface area contributed by atoms with Gasteiger partial charge < -0.3 is 14.2 Å². The zero-order chi connectivity index (χ0) is 16.3. The zero-order valence-corrected chi connectivity index (χ0v) is 12.6. The molecule has 0 fully saturated rings. The number of ether oxygens (including phenoxy) is 3. The predicted molar refractivity (Wildman–Crippen MR) is 84.7 cm³/mol. The highest BCUT2D eigenvalue weighted by molar-refractivity contribution is 5.83. The summed E-state index contributed by atoms with van der Waals surface area (Å²) in [6.07, 6.45) is 0. The first kappa shape index (κ1) is 16.7. The van der Waals surface area contributed by atoms with Crippen molar-refractivity contribution in [3.8, 4) is 11.5 Å². The van der Waals surface area contributed by atoms with Crippen molar-refractivity contribution < 1.29 is 23.8 Å². The first-order valence-electron chi connectivity index (χ1n) is 7.21. The smallest absolute Gasteiger partial charge is 0.195 e. The molecule has 0 aliphatic heterocycles. The van der Waals surface area contributed by atoms with Gasteiger partial charge in [-0.3, -0.25) is 9.59 Å². The van der Waals surface area contributed by atoms with Crippen LogP contribution in [0.5, 0.6) is 11.5 Å². The maximum Gasteiger partial charge on any atom is 0.195 e. The van der Waals surface area contributed by atoms with Crippen molar-refractivity contribution in [3.63, 3.8) is 0 Å². The predicted octanol–water partition coefficient (Wildman–Crippen LogP) is 2.30. The lowest BCUT2D eigenvalue weighted by Gasteiger charge is -2.07. The van der Waals surface area contributed by atoms with Crippen molar-refractivity contribution in [2.45, 2.75) is 0 Å². The summed E-state index contributed by atoms with van der Waals surface area (Å²) in [7, 11) is 0. The fourth-order valence-corrected chi connectivity index (χ4v) is 1.72. The average Bonchev–Trinajstić information content (AvgIpc) is 2.60. The van der Waals surface area contributed by atoms with Crippen LogP contribution in [0.3, 0.4) is 0 Å². The topological polar surface area (TPSA) is 61.8 Å². The Morgan fingerprint density at radius 1 is 0.609 bits per heavy atom. The SMILES string of the molecule is O=C(COCC(=O)COc1ccccc1)COc1ccccc1. The number of Topliss-reactive ketones (excluding diaryl/α,β-unsaturated/α-hetero) is 2. The Kier molecular flexibility index (Phi) is 6.81. The maximum absolute atomic E-state index is 11.6. The summed E-state index contributed by atoms with van der Waals surface area (Å²) < 4.78 is 15.7. The van der Waals surface area contributed by atoms with E-state index in [2.05, 4.69) is 0 Å². The third-order valence-electron chi connectivity index (χ3n) is 2.81. The number of hydrogen-bond donors (Lipinski definition) is 0. The van der Waals surface area contributed by atoms with Gasteiger partial charge in [-0.1, -0.05) is 36.4 Å². The van der Waals surface area contributed by atoms with Crippen LogP contribution in [0.2, 0.25) is 0 Å². The summed E-state index contributed by atoms with van der Waals surface area (Å²) in [6.45, 7) is -0.495. The Bertz CT molecular complexity index is 554. The minimum Gasteiger partial charge on any atom is -0.486 e. The van der Waals surface area contributed by atoms with Crippen molar-refractivity contribution in [3.05, 3.63) is 60.7 Å². The standard InChI is InChI=1S/C18H18O5/c19-15(13-22-17-7-3-1-4-8-17)11-21-12-16(20)14-23-18-9-5-2-6-10-18/h1-10H,11-14H2. The Hall–Kier alpha value is -2.66. The number of hydrogen-bond acceptors (Lipinski definition) is 5. The van der Waals surface area contributed by atoms with E-state index < -0.39 is 0 Å². The molecule has 0 radical (unpaired) electrons. The lowest BCUT2D eigenvalue weighted by Crippen LogP contribution is -2.22. The van der Waals surface area contributed by atoms with Gasteiger partial charge >= 0.3 is 0 Å². The van der Waals surface area contributed by atoms with Crippen molar-refractivity contribution in [1.82, 2.24) is 0 Å². The number of para-hydroxylation sites is 2. The van der Waals surface area contributed by atoms with E-state index in [1.54, 1.807) is 24.3 Å². The Morgan fingerprint density at radius 3 is 1.39 bits per heavy atom. The minimum atomic E-state index is -0.231.